The number of anilines is 1. The largest absolute Gasteiger partial charge is 0.450 e. The number of amides is 2. The van der Waals surface area contributed by atoms with Crippen LogP contribution in [0.4, 0.5) is 14.3 Å². The fourth-order valence-electron chi connectivity index (χ4n) is 2.13. The lowest BCUT2D eigenvalue weighted by atomic mass is 10.0. The molecule has 1 aromatic heterocycles. The molecule has 0 aliphatic carbocycles. The number of thiazole rings is 1. The van der Waals surface area contributed by atoms with E-state index in [1.165, 1.54) is 23.5 Å². The molecule has 2 aromatic rings. The highest BCUT2D eigenvalue weighted by atomic mass is 32.1. The van der Waals surface area contributed by atoms with Gasteiger partial charge in [-0.1, -0.05) is 26.0 Å². The summed E-state index contributed by atoms with van der Waals surface area (Å²) in [7, 11) is 0. The van der Waals surface area contributed by atoms with Crippen LogP contribution in [0.3, 0.4) is 0 Å². The molecule has 1 heterocycles. The molecule has 2 amide bonds. The van der Waals surface area contributed by atoms with E-state index in [1.807, 2.05) is 13.8 Å². The summed E-state index contributed by atoms with van der Waals surface area (Å²) in [5.74, 6) is -0.871. The Morgan fingerprint density at radius 3 is 2.76 bits per heavy atom. The quantitative estimate of drug-likeness (QED) is 0.819. The summed E-state index contributed by atoms with van der Waals surface area (Å²) in [6.07, 6.45) is -0.643. The number of carbonyl (C=O) groups excluding carboxylic acids is 2. The molecule has 0 saturated carbocycles. The summed E-state index contributed by atoms with van der Waals surface area (Å²) in [5, 5.41) is 7.32. The maximum absolute atomic E-state index is 13.3. The van der Waals surface area contributed by atoms with E-state index in [0.717, 1.165) is 0 Å². The molecule has 0 aliphatic rings. The minimum absolute atomic E-state index is 0.132. The molecule has 25 heavy (non-hydrogen) atoms. The molecule has 0 radical (unpaired) electrons. The van der Waals surface area contributed by atoms with Crippen LogP contribution in [0.1, 0.15) is 20.8 Å². The Balaban J connectivity index is 2.07. The molecule has 2 N–H and O–H groups in total. The molecule has 2 rings (SSSR count). The van der Waals surface area contributed by atoms with Gasteiger partial charge in [0.25, 0.3) is 0 Å². The summed E-state index contributed by atoms with van der Waals surface area (Å²) in [6.45, 7) is 5.54. The smallest absolute Gasteiger partial charge is 0.407 e. The number of hydrogen-bond acceptors (Lipinski definition) is 5. The third-order valence-corrected chi connectivity index (χ3v) is 4.11. The van der Waals surface area contributed by atoms with Crippen molar-refractivity contribution in [2.24, 2.45) is 5.92 Å². The summed E-state index contributed by atoms with van der Waals surface area (Å²) in [4.78, 5) is 28.3. The number of nitrogens with one attached hydrogen (secondary N) is 2. The molecular weight excluding hydrogens is 345 g/mol. The lowest BCUT2D eigenvalue weighted by Crippen LogP contribution is -2.47. The predicted molar refractivity (Wildman–Crippen MR) is 94.9 cm³/mol. The molecule has 0 fully saturated rings. The standard InChI is InChI=1S/C17H20FN3O3S/c1-4-24-17(23)20-14(10(2)3)15(22)21-16-19-13(9-25-16)11-6-5-7-12(18)8-11/h5-10,14H,4H2,1-3H3,(H,20,23)(H,19,21,22). The van der Waals surface area contributed by atoms with Crippen molar-refractivity contribution in [2.45, 2.75) is 26.8 Å². The zero-order chi connectivity index (χ0) is 18.4. The van der Waals surface area contributed by atoms with Crippen LogP contribution >= 0.6 is 11.3 Å². The summed E-state index contributed by atoms with van der Waals surface area (Å²) < 4.78 is 18.1. The van der Waals surface area contributed by atoms with Crippen LogP contribution in [0.15, 0.2) is 29.6 Å². The third-order valence-electron chi connectivity index (χ3n) is 3.35. The van der Waals surface area contributed by atoms with Gasteiger partial charge in [0.05, 0.1) is 12.3 Å². The fourth-order valence-corrected chi connectivity index (χ4v) is 2.85. The Morgan fingerprint density at radius 2 is 2.12 bits per heavy atom. The average molecular weight is 365 g/mol. The van der Waals surface area contributed by atoms with E-state index in [4.69, 9.17) is 4.74 Å². The van der Waals surface area contributed by atoms with E-state index in [9.17, 15) is 14.0 Å². The molecule has 1 unspecified atom stereocenters. The molecule has 0 saturated heterocycles. The maximum Gasteiger partial charge on any atom is 0.407 e. The van der Waals surface area contributed by atoms with E-state index in [-0.39, 0.29) is 24.2 Å². The van der Waals surface area contributed by atoms with Crippen molar-refractivity contribution in [1.82, 2.24) is 10.3 Å². The van der Waals surface area contributed by atoms with Crippen molar-refractivity contribution in [1.29, 1.82) is 0 Å². The Morgan fingerprint density at radius 1 is 1.36 bits per heavy atom. The third kappa shape index (κ3) is 5.25. The van der Waals surface area contributed by atoms with Crippen molar-refractivity contribution in [3.8, 4) is 11.3 Å². The molecule has 134 valence electrons. The maximum atomic E-state index is 13.3. The van der Waals surface area contributed by atoms with E-state index in [0.29, 0.717) is 16.4 Å². The van der Waals surface area contributed by atoms with Crippen LogP contribution in [0.2, 0.25) is 0 Å². The highest BCUT2D eigenvalue weighted by Crippen LogP contribution is 2.25. The van der Waals surface area contributed by atoms with Crippen LogP contribution < -0.4 is 10.6 Å². The average Bonchev–Trinajstić information content (AvgIpc) is 3.01. The zero-order valence-electron chi connectivity index (χ0n) is 14.2. The van der Waals surface area contributed by atoms with Gasteiger partial charge in [-0.2, -0.15) is 0 Å². The van der Waals surface area contributed by atoms with Gasteiger partial charge in [0.15, 0.2) is 5.13 Å². The molecule has 1 atom stereocenters. The Labute approximate surface area is 149 Å². The number of hydrogen-bond donors (Lipinski definition) is 2. The molecule has 6 nitrogen and oxygen atoms in total. The normalized spacial score (nSPS) is 11.9. The van der Waals surface area contributed by atoms with Crippen molar-refractivity contribution in [3.63, 3.8) is 0 Å². The molecule has 0 bridgehead atoms. The van der Waals surface area contributed by atoms with Gasteiger partial charge in [-0.05, 0) is 25.0 Å². The van der Waals surface area contributed by atoms with E-state index < -0.39 is 12.1 Å². The second-order valence-corrected chi connectivity index (χ2v) is 6.48. The van der Waals surface area contributed by atoms with Crippen LogP contribution in [-0.4, -0.2) is 29.6 Å². The fraction of sp³-hybridized carbons (Fsp3) is 0.353. The predicted octanol–water partition coefficient (Wildman–Crippen LogP) is 3.66. The van der Waals surface area contributed by atoms with Crippen molar-refractivity contribution < 1.29 is 18.7 Å². The number of halogens is 1. The SMILES string of the molecule is CCOC(=O)NC(C(=O)Nc1nc(-c2cccc(F)c2)cs1)C(C)C. The first-order chi connectivity index (χ1) is 11.9. The number of benzene rings is 1. The number of alkyl carbamates (subject to hydrolysis) is 1. The topological polar surface area (TPSA) is 80.3 Å². The highest BCUT2D eigenvalue weighted by molar-refractivity contribution is 7.14. The lowest BCUT2D eigenvalue weighted by molar-refractivity contribution is -0.119. The lowest BCUT2D eigenvalue weighted by Gasteiger charge is -2.20. The molecular formula is C17H20FN3O3S. The van der Waals surface area contributed by atoms with Gasteiger partial charge in [-0.3, -0.25) is 4.79 Å². The van der Waals surface area contributed by atoms with Crippen molar-refractivity contribution in [3.05, 3.63) is 35.5 Å². The minimum Gasteiger partial charge on any atom is -0.450 e. The first kappa shape index (κ1) is 18.9. The second-order valence-electron chi connectivity index (χ2n) is 5.62. The van der Waals surface area contributed by atoms with Crippen molar-refractivity contribution in [2.75, 3.05) is 11.9 Å². The van der Waals surface area contributed by atoms with Crippen LogP contribution in [0.25, 0.3) is 11.3 Å². The number of nitrogens with zero attached hydrogens (tertiary/aromatic N) is 1. The number of carbonyl (C=O) groups is 2. The van der Waals surface area contributed by atoms with E-state index in [1.54, 1.807) is 24.4 Å². The summed E-state index contributed by atoms with van der Waals surface area (Å²) in [6, 6.07) is 5.32. The van der Waals surface area contributed by atoms with Gasteiger partial charge < -0.3 is 15.4 Å². The second kappa shape index (κ2) is 8.57. The first-order valence-corrected chi connectivity index (χ1v) is 8.74. The first-order valence-electron chi connectivity index (χ1n) is 7.86. The number of rotatable bonds is 6. The Hall–Kier alpha value is -2.48. The minimum atomic E-state index is -0.749. The van der Waals surface area contributed by atoms with Gasteiger partial charge >= 0.3 is 6.09 Å². The van der Waals surface area contributed by atoms with Gasteiger partial charge in [0.1, 0.15) is 11.9 Å². The Bertz CT molecular complexity index is 748. The van der Waals surface area contributed by atoms with E-state index >= 15 is 0 Å². The van der Waals surface area contributed by atoms with Gasteiger partial charge in [-0.15, -0.1) is 11.3 Å². The van der Waals surface area contributed by atoms with Gasteiger partial charge in [0.2, 0.25) is 5.91 Å². The van der Waals surface area contributed by atoms with Crippen LogP contribution in [-0.2, 0) is 9.53 Å². The molecule has 0 spiro atoms. The number of ether oxygens (including phenoxy) is 1. The molecule has 8 heteroatoms. The summed E-state index contributed by atoms with van der Waals surface area (Å²) in [5.41, 5.74) is 1.20. The van der Waals surface area contributed by atoms with E-state index in [2.05, 4.69) is 15.6 Å². The van der Waals surface area contributed by atoms with Crippen LogP contribution in [0.5, 0.6) is 0 Å². The van der Waals surface area contributed by atoms with Gasteiger partial charge in [-0.25, -0.2) is 14.2 Å². The number of aromatic nitrogens is 1. The van der Waals surface area contributed by atoms with Crippen molar-refractivity contribution >= 4 is 28.5 Å². The zero-order valence-corrected chi connectivity index (χ0v) is 15.0. The summed E-state index contributed by atoms with van der Waals surface area (Å²) >= 11 is 1.23. The monoisotopic (exact) mass is 365 g/mol. The molecule has 0 aliphatic heterocycles. The highest BCUT2D eigenvalue weighted by Gasteiger charge is 2.25. The van der Waals surface area contributed by atoms with Gasteiger partial charge in [0, 0.05) is 10.9 Å². The Kier molecular flexibility index (Phi) is 6.46. The van der Waals surface area contributed by atoms with Crippen LogP contribution in [0, 0.1) is 11.7 Å². The molecule has 1 aromatic carbocycles.